The van der Waals surface area contributed by atoms with E-state index in [0.29, 0.717) is 29.2 Å². The Labute approximate surface area is 386 Å². The summed E-state index contributed by atoms with van der Waals surface area (Å²) in [5, 5.41) is 74.3. The number of rotatable bonds is 15. The van der Waals surface area contributed by atoms with Crippen molar-refractivity contribution in [3.8, 4) is 0 Å². The molecule has 3 amide bonds. The van der Waals surface area contributed by atoms with Gasteiger partial charge in [-0.3, -0.25) is 14.4 Å². The molecule has 0 saturated heterocycles. The van der Waals surface area contributed by atoms with Crippen LogP contribution in [0.5, 0.6) is 0 Å². The number of aliphatic hydroxyl groups excluding tert-OH is 7. The second-order valence-electron chi connectivity index (χ2n) is 17.6. The lowest BCUT2D eigenvalue weighted by atomic mass is 9.44. The van der Waals surface area contributed by atoms with Gasteiger partial charge in [-0.1, -0.05) is 26.7 Å². The molecular weight excluding hydrogens is 1110 g/mol. The fraction of sp³-hybridized carbons (Fsp3) is 0.756. The van der Waals surface area contributed by atoms with Crippen molar-refractivity contribution in [3.05, 3.63) is 21.8 Å². The highest BCUT2D eigenvalue weighted by atomic mass is 127. The number of carbonyl (C=O) groups excluding carboxylic acids is 4. The summed E-state index contributed by atoms with van der Waals surface area (Å²) >= 11 is 5.43. The van der Waals surface area contributed by atoms with Crippen molar-refractivity contribution in [2.45, 2.75) is 116 Å². The van der Waals surface area contributed by atoms with Gasteiger partial charge in [0.05, 0.1) is 81.3 Å². The van der Waals surface area contributed by atoms with Crippen molar-refractivity contribution in [2.75, 3.05) is 44.4 Å². The van der Waals surface area contributed by atoms with Crippen LogP contribution in [0.15, 0.2) is 0 Å². The first-order valence-corrected chi connectivity index (χ1v) is 23.9. The summed E-state index contributed by atoms with van der Waals surface area (Å²) in [5.41, 5.74) is -0.0371. The van der Waals surface area contributed by atoms with E-state index in [1.54, 1.807) is 22.6 Å². The highest BCUT2D eigenvalue weighted by Gasteiger charge is 2.61. The molecule has 5 rings (SSSR count). The van der Waals surface area contributed by atoms with Gasteiger partial charge in [-0.2, -0.15) is 5.06 Å². The fourth-order valence-electron chi connectivity index (χ4n) is 11.1. The fourth-order valence-corrected chi connectivity index (χ4v) is 15.8. The minimum Gasteiger partial charge on any atom is -0.394 e. The largest absolute Gasteiger partial charge is 0.394 e. The van der Waals surface area contributed by atoms with Crippen LogP contribution in [0.25, 0.3) is 0 Å². The molecule has 11 atom stereocenters. The second-order valence-corrected chi connectivity index (χ2v) is 20.9. The number of hydrogen-bond donors (Lipinski definition) is 8. The van der Waals surface area contributed by atoms with Crippen LogP contribution in [-0.4, -0.2) is 128 Å². The van der Waals surface area contributed by atoms with Gasteiger partial charge in [0, 0.05) is 23.5 Å². The van der Waals surface area contributed by atoms with E-state index in [0.717, 1.165) is 37.0 Å². The molecule has 4 saturated carbocycles. The van der Waals surface area contributed by atoms with E-state index in [-0.39, 0.29) is 69.3 Å². The summed E-state index contributed by atoms with van der Waals surface area (Å²) in [4.78, 5) is 61.9. The van der Waals surface area contributed by atoms with E-state index < -0.39 is 74.9 Å². The lowest BCUT2D eigenvalue weighted by molar-refractivity contribution is -0.183. The van der Waals surface area contributed by atoms with Gasteiger partial charge in [0.15, 0.2) is 0 Å². The highest BCUT2D eigenvalue weighted by molar-refractivity contribution is 14.1. The van der Waals surface area contributed by atoms with Crippen LogP contribution in [0.3, 0.4) is 0 Å². The van der Waals surface area contributed by atoms with E-state index in [1.807, 2.05) is 45.2 Å². The number of fused-ring (bicyclic) bond motifs is 5. The quantitative estimate of drug-likeness (QED) is 0.0934. The number of halogens is 3. The third-order valence-electron chi connectivity index (χ3n) is 14.2. The molecule has 18 heteroatoms. The maximum atomic E-state index is 14.6. The Bertz CT molecular complexity index is 1720. The zero-order chi connectivity index (χ0) is 43.6. The van der Waals surface area contributed by atoms with E-state index in [2.05, 4.69) is 19.2 Å². The molecule has 6 unspecified atom stereocenters. The molecule has 4 fully saturated rings. The smallest absolute Gasteiger partial charge is 0.332 e. The maximum Gasteiger partial charge on any atom is 0.332 e. The number of amides is 3. The predicted octanol–water partition coefficient (Wildman–Crippen LogP) is 3.34. The minimum absolute atomic E-state index is 0.0352. The van der Waals surface area contributed by atoms with Crippen LogP contribution < -0.4 is 10.2 Å². The maximum absolute atomic E-state index is 14.6. The monoisotopic (exact) mass is 1170 g/mol. The van der Waals surface area contributed by atoms with Crippen LogP contribution in [-0.2, 0) is 14.4 Å². The molecule has 0 heterocycles. The van der Waals surface area contributed by atoms with Crippen LogP contribution in [0.2, 0.25) is 0 Å². The van der Waals surface area contributed by atoms with Gasteiger partial charge in [-0.25, -0.2) is 4.79 Å². The van der Waals surface area contributed by atoms with Gasteiger partial charge < -0.3 is 50.8 Å². The van der Waals surface area contributed by atoms with Crippen molar-refractivity contribution in [1.82, 2.24) is 10.4 Å². The molecule has 332 valence electrons. The van der Waals surface area contributed by atoms with Crippen LogP contribution in [0.1, 0.15) is 112 Å². The van der Waals surface area contributed by atoms with Gasteiger partial charge in [0.1, 0.15) is 0 Å². The summed E-state index contributed by atoms with van der Waals surface area (Å²) < 4.78 is 0.395. The Hall–Kier alpha value is -0.990. The number of carbonyl (C=O) groups is 4. The lowest BCUT2D eigenvalue weighted by Crippen LogP contribution is -2.57. The molecule has 0 aliphatic heterocycles. The summed E-state index contributed by atoms with van der Waals surface area (Å²) in [7, 11) is 0. The van der Waals surface area contributed by atoms with Gasteiger partial charge in [-0.15, -0.1) is 0 Å². The van der Waals surface area contributed by atoms with E-state index in [4.69, 9.17) is 4.84 Å². The molecule has 0 bridgehead atoms. The summed E-state index contributed by atoms with van der Waals surface area (Å²) in [6.45, 7) is 2.53. The van der Waals surface area contributed by atoms with Gasteiger partial charge in [0.25, 0.3) is 11.8 Å². The number of anilines is 1. The number of benzene rings is 1. The summed E-state index contributed by atoms with van der Waals surface area (Å²) in [6, 6.07) is 0. The predicted molar refractivity (Wildman–Crippen MR) is 242 cm³/mol. The summed E-state index contributed by atoms with van der Waals surface area (Å²) in [6.07, 6.45) is 5.68. The lowest BCUT2D eigenvalue weighted by Gasteiger charge is -2.62. The Morgan fingerprint density at radius 3 is 2.08 bits per heavy atom. The average molecular weight is 1170 g/mol. The molecular formula is C41H60I3N3O12. The third kappa shape index (κ3) is 10.2. The van der Waals surface area contributed by atoms with E-state index in [1.165, 1.54) is 32.6 Å². The van der Waals surface area contributed by atoms with Crippen LogP contribution in [0.4, 0.5) is 5.69 Å². The average Bonchev–Trinajstić information content (AvgIpc) is 3.53. The van der Waals surface area contributed by atoms with Crippen molar-refractivity contribution in [1.29, 1.82) is 0 Å². The summed E-state index contributed by atoms with van der Waals surface area (Å²) in [5.74, 6) is -1.22. The van der Waals surface area contributed by atoms with Crippen LogP contribution >= 0.6 is 67.8 Å². The van der Waals surface area contributed by atoms with Crippen molar-refractivity contribution < 1.29 is 59.8 Å². The van der Waals surface area contributed by atoms with Gasteiger partial charge in [0.2, 0.25) is 5.91 Å². The van der Waals surface area contributed by atoms with Crippen molar-refractivity contribution in [2.24, 2.45) is 40.4 Å². The molecule has 1 aromatic rings. The minimum atomic E-state index is -1.52. The van der Waals surface area contributed by atoms with Gasteiger partial charge in [-0.05, 0) is 160 Å². The molecule has 59 heavy (non-hydrogen) atoms. The number of nitrogens with zero attached hydrogens (tertiary/aromatic N) is 2. The second kappa shape index (κ2) is 20.7. The number of nitrogens with one attached hydrogen (secondary N) is 1. The highest BCUT2D eigenvalue weighted by Crippen LogP contribution is 2.68. The van der Waals surface area contributed by atoms with Gasteiger partial charge >= 0.3 is 5.97 Å². The first-order chi connectivity index (χ1) is 27.8. The zero-order valence-electron chi connectivity index (χ0n) is 33.9. The Kier molecular flexibility index (Phi) is 17.2. The number of hydrogen-bond acceptors (Lipinski definition) is 12. The molecule has 0 radical (unpaired) electrons. The Morgan fingerprint density at radius 2 is 1.44 bits per heavy atom. The molecule has 0 aromatic heterocycles. The first kappa shape index (κ1) is 49.0. The molecule has 1 aromatic carbocycles. The van der Waals surface area contributed by atoms with E-state index in [9.17, 15) is 54.9 Å². The molecule has 0 spiro atoms. The van der Waals surface area contributed by atoms with E-state index >= 15 is 0 Å². The Balaban J connectivity index is 1.41. The third-order valence-corrected chi connectivity index (χ3v) is 17.4. The standard InChI is InChI=1S/C41H60I3N3O12/c1-21(51)46(16-25(53)19-49)37-35(43)32(38(57)45-15-24(52)18-48)34(42)33(36(37)44)39(58)47(17-26(54)20-50)59-30(56)10-8-22-7-9-27-31-28(11-13-41(22,27)3)40(2)12-5-4-6-23(40)14-29(31)55/h22-29,31,48-50,52-55H,4-20H2,1-3H3,(H,45,57)/t22?,23-,24?,25?,26?,27?,28?,29-,31-,40-,41+/m1/s1. The molecule has 15 nitrogen and oxygen atoms in total. The molecule has 4 aliphatic carbocycles. The number of aliphatic hydroxyl groups is 7. The Morgan fingerprint density at radius 1 is 0.814 bits per heavy atom. The van der Waals surface area contributed by atoms with Crippen molar-refractivity contribution >= 4 is 97.2 Å². The zero-order valence-corrected chi connectivity index (χ0v) is 40.4. The SMILES string of the molecule is CC(=O)N(CC(O)CO)c1c(I)c(C(=O)NCC(O)CO)c(I)c(C(=O)N(CC(O)CO)OC(=O)CCC2CCC3[C@@H]4C(CC[C@@]23C)[C@]2(C)CCCC[C@@H]2C[C@H]4O)c1I. The molecule has 4 aliphatic rings. The van der Waals surface area contributed by atoms with Crippen molar-refractivity contribution in [3.63, 3.8) is 0 Å². The number of hydroxylamine groups is 2. The molecule has 8 N–H and O–H groups in total. The van der Waals surface area contributed by atoms with Crippen LogP contribution in [0, 0.1) is 51.1 Å². The normalized spacial score (nSPS) is 30.3. The topological polar surface area (TPSA) is 238 Å². The first-order valence-electron chi connectivity index (χ1n) is 20.7.